The van der Waals surface area contributed by atoms with Crippen molar-refractivity contribution in [1.82, 2.24) is 15.0 Å². The summed E-state index contributed by atoms with van der Waals surface area (Å²) in [5.74, 6) is 0.277. The second-order valence-corrected chi connectivity index (χ2v) is 7.74. The zero-order valence-electron chi connectivity index (χ0n) is 17.3. The van der Waals surface area contributed by atoms with Gasteiger partial charge in [-0.3, -0.25) is 9.98 Å². The van der Waals surface area contributed by atoms with Gasteiger partial charge in [-0.05, 0) is 49.1 Å². The van der Waals surface area contributed by atoms with Crippen molar-refractivity contribution in [2.24, 2.45) is 10.7 Å². The van der Waals surface area contributed by atoms with E-state index < -0.39 is 0 Å². The second kappa shape index (κ2) is 8.06. The van der Waals surface area contributed by atoms with Crippen molar-refractivity contribution in [3.05, 3.63) is 83.6 Å². The van der Waals surface area contributed by atoms with Gasteiger partial charge in [0.05, 0.1) is 5.71 Å². The zero-order valence-corrected chi connectivity index (χ0v) is 17.3. The van der Waals surface area contributed by atoms with Crippen LogP contribution < -0.4 is 11.5 Å². The number of nitrogen functional groups attached to an aromatic ring is 1. The predicted octanol–water partition coefficient (Wildman–Crippen LogP) is 3.81. The van der Waals surface area contributed by atoms with Crippen molar-refractivity contribution >= 4 is 11.7 Å². The van der Waals surface area contributed by atoms with Gasteiger partial charge in [0.1, 0.15) is 0 Å². The number of allylic oxidation sites excluding steroid dienone is 2. The topological polar surface area (TPSA) is 103 Å². The summed E-state index contributed by atoms with van der Waals surface area (Å²) in [7, 11) is 1.79. The molecule has 4 rings (SSSR count). The Balaban J connectivity index is 1.63. The first-order chi connectivity index (χ1) is 14.5. The molecule has 1 aromatic carbocycles. The van der Waals surface area contributed by atoms with E-state index in [1.165, 1.54) is 5.56 Å². The molecular weight excluding hydrogens is 372 g/mol. The molecule has 0 aliphatic heterocycles. The number of rotatable bonds is 5. The fraction of sp³-hybridized carbons (Fsp3) is 0.250. The van der Waals surface area contributed by atoms with Crippen molar-refractivity contribution in [1.29, 1.82) is 0 Å². The summed E-state index contributed by atoms with van der Waals surface area (Å²) in [6.45, 7) is 1.97. The molecule has 3 aromatic rings. The van der Waals surface area contributed by atoms with E-state index in [9.17, 15) is 0 Å². The summed E-state index contributed by atoms with van der Waals surface area (Å²) in [5, 5.41) is 0. The van der Waals surface area contributed by atoms with Crippen LogP contribution in [0.2, 0.25) is 0 Å². The number of anilines is 1. The normalized spacial score (nSPS) is 16.2. The molecule has 1 aliphatic rings. The maximum Gasteiger partial charge on any atom is 0.219 e. The molecule has 0 bridgehead atoms. The Bertz CT molecular complexity index is 1080. The Morgan fingerprint density at radius 2 is 1.67 bits per heavy atom. The van der Waals surface area contributed by atoms with Crippen LogP contribution in [0.1, 0.15) is 36.1 Å². The number of hydrogen-bond donors (Lipinski definition) is 2. The number of aryl methyl sites for hydroxylation is 1. The van der Waals surface area contributed by atoms with Gasteiger partial charge in [0, 0.05) is 53.6 Å². The molecule has 2 heterocycles. The third kappa shape index (κ3) is 3.68. The van der Waals surface area contributed by atoms with Gasteiger partial charge in [-0.25, -0.2) is 9.97 Å². The van der Waals surface area contributed by atoms with Crippen LogP contribution in [0.4, 0.5) is 5.95 Å². The molecule has 6 heteroatoms. The zero-order chi connectivity index (χ0) is 21.1. The monoisotopic (exact) mass is 398 g/mol. The minimum atomic E-state index is -0.149. The summed E-state index contributed by atoms with van der Waals surface area (Å²) in [6, 6.07) is 12.5. The average molecular weight is 399 g/mol. The van der Waals surface area contributed by atoms with Crippen LogP contribution in [0.5, 0.6) is 0 Å². The van der Waals surface area contributed by atoms with Crippen molar-refractivity contribution in [3.63, 3.8) is 0 Å². The van der Waals surface area contributed by atoms with Gasteiger partial charge in [-0.2, -0.15) is 0 Å². The number of pyridine rings is 1. The highest BCUT2D eigenvalue weighted by molar-refractivity contribution is 6.09. The number of aromatic nitrogens is 3. The third-order valence-electron chi connectivity index (χ3n) is 5.94. The quantitative estimate of drug-likeness (QED) is 0.636. The number of nitrogens with zero attached hydrogens (tertiary/aromatic N) is 4. The van der Waals surface area contributed by atoms with Crippen molar-refractivity contribution in [3.8, 4) is 11.1 Å². The third-order valence-corrected chi connectivity index (χ3v) is 5.94. The lowest BCUT2D eigenvalue weighted by Gasteiger charge is -2.43. The molecular formula is C24H26N6. The molecule has 6 nitrogen and oxygen atoms in total. The molecule has 1 fully saturated rings. The molecule has 0 saturated heterocycles. The van der Waals surface area contributed by atoms with Crippen LogP contribution in [0, 0.1) is 6.92 Å². The Kier molecular flexibility index (Phi) is 5.31. The summed E-state index contributed by atoms with van der Waals surface area (Å²) < 4.78 is 0. The minimum Gasteiger partial charge on any atom is -0.401 e. The number of aliphatic imine (C=N–C) groups is 1. The standard InChI is InChI=1S/C24H26N6/c1-16-4-5-18(13-28-16)21(27-2)12-22(25)24(10-3-11-24)20-8-6-17(7-9-20)19-14-29-23(26)30-15-19/h4-9,12-15H,3,10-11,25H2,1-2H3,(H2,26,29,30)/b22-12-,27-21?. The van der Waals surface area contributed by atoms with Gasteiger partial charge in [-0.1, -0.05) is 30.7 Å². The maximum atomic E-state index is 6.68. The lowest BCUT2D eigenvalue weighted by molar-refractivity contribution is 0.292. The van der Waals surface area contributed by atoms with Gasteiger partial charge in [0.15, 0.2) is 0 Å². The van der Waals surface area contributed by atoms with Crippen LogP contribution >= 0.6 is 0 Å². The van der Waals surface area contributed by atoms with Crippen LogP contribution in [-0.2, 0) is 5.41 Å². The lowest BCUT2D eigenvalue weighted by Crippen LogP contribution is -2.40. The SMILES string of the molecule is CN=C(/C=C(\N)C1(c2ccc(-c3cnc(N)nc3)cc2)CCC1)c1ccc(C)nc1. The van der Waals surface area contributed by atoms with Gasteiger partial charge >= 0.3 is 0 Å². The Morgan fingerprint density at radius 1 is 0.967 bits per heavy atom. The van der Waals surface area contributed by atoms with E-state index in [1.54, 1.807) is 19.4 Å². The molecule has 2 aromatic heterocycles. The molecule has 0 spiro atoms. The first-order valence-electron chi connectivity index (χ1n) is 10.1. The Morgan fingerprint density at radius 3 is 2.20 bits per heavy atom. The van der Waals surface area contributed by atoms with E-state index in [0.29, 0.717) is 0 Å². The van der Waals surface area contributed by atoms with E-state index in [2.05, 4.69) is 44.2 Å². The van der Waals surface area contributed by atoms with Gasteiger partial charge in [-0.15, -0.1) is 0 Å². The van der Waals surface area contributed by atoms with Crippen LogP contribution in [-0.4, -0.2) is 27.7 Å². The number of hydrogen-bond acceptors (Lipinski definition) is 6. The Hall–Kier alpha value is -3.54. The highest BCUT2D eigenvalue weighted by Crippen LogP contribution is 2.48. The first kappa shape index (κ1) is 19.8. The molecule has 0 unspecified atom stereocenters. The molecule has 30 heavy (non-hydrogen) atoms. The van der Waals surface area contributed by atoms with Gasteiger partial charge in [0.25, 0.3) is 0 Å². The predicted molar refractivity (Wildman–Crippen MR) is 121 cm³/mol. The Labute approximate surface area is 176 Å². The molecule has 0 radical (unpaired) electrons. The second-order valence-electron chi connectivity index (χ2n) is 7.74. The molecule has 152 valence electrons. The van der Waals surface area contributed by atoms with Crippen LogP contribution in [0.25, 0.3) is 11.1 Å². The maximum absolute atomic E-state index is 6.68. The lowest BCUT2D eigenvalue weighted by atomic mass is 9.62. The fourth-order valence-electron chi connectivity index (χ4n) is 3.92. The van der Waals surface area contributed by atoms with Crippen molar-refractivity contribution in [2.75, 3.05) is 12.8 Å². The molecule has 0 atom stereocenters. The average Bonchev–Trinajstić information content (AvgIpc) is 2.73. The molecule has 4 N–H and O–H groups in total. The van der Waals surface area contributed by atoms with E-state index in [4.69, 9.17) is 11.5 Å². The van der Waals surface area contributed by atoms with E-state index >= 15 is 0 Å². The van der Waals surface area contributed by atoms with Gasteiger partial charge < -0.3 is 11.5 Å². The summed E-state index contributed by atoms with van der Waals surface area (Å²) in [4.78, 5) is 17.0. The van der Waals surface area contributed by atoms with Crippen LogP contribution in [0.3, 0.4) is 0 Å². The van der Waals surface area contributed by atoms with Gasteiger partial charge in [0.2, 0.25) is 5.95 Å². The van der Waals surface area contributed by atoms with Crippen molar-refractivity contribution in [2.45, 2.75) is 31.6 Å². The summed E-state index contributed by atoms with van der Waals surface area (Å²) in [6.07, 6.45) is 10.6. The minimum absolute atomic E-state index is 0.149. The van der Waals surface area contributed by atoms with Crippen molar-refractivity contribution < 1.29 is 0 Å². The summed E-state index contributed by atoms with van der Waals surface area (Å²) in [5.41, 5.74) is 19.0. The van der Waals surface area contributed by atoms with Crippen LogP contribution in [0.15, 0.2) is 71.8 Å². The summed E-state index contributed by atoms with van der Waals surface area (Å²) >= 11 is 0. The molecule has 1 saturated carbocycles. The smallest absolute Gasteiger partial charge is 0.219 e. The highest BCUT2D eigenvalue weighted by atomic mass is 15.0. The number of nitrogens with two attached hydrogens (primary N) is 2. The largest absolute Gasteiger partial charge is 0.401 e. The van der Waals surface area contributed by atoms with E-state index in [0.717, 1.165) is 53.1 Å². The van der Waals surface area contributed by atoms with E-state index in [1.807, 2.05) is 31.3 Å². The first-order valence-corrected chi connectivity index (χ1v) is 10.1. The van der Waals surface area contributed by atoms with E-state index in [-0.39, 0.29) is 11.4 Å². The molecule has 0 amide bonds. The molecule has 1 aliphatic carbocycles. The highest BCUT2D eigenvalue weighted by Gasteiger charge is 2.41. The fourth-order valence-corrected chi connectivity index (χ4v) is 3.92. The number of benzene rings is 1.